The lowest BCUT2D eigenvalue weighted by molar-refractivity contribution is 0.355. The molecule has 23 heavy (non-hydrogen) atoms. The number of ether oxygens (including phenoxy) is 2. The van der Waals surface area contributed by atoms with Gasteiger partial charge in [0.25, 0.3) is 0 Å². The number of methoxy groups -OCH3 is 2. The summed E-state index contributed by atoms with van der Waals surface area (Å²) in [6, 6.07) is 7.73. The Bertz CT molecular complexity index is 914. The summed E-state index contributed by atoms with van der Waals surface area (Å²) in [5.74, 6) is 1.25. The molecule has 0 amide bonds. The van der Waals surface area contributed by atoms with Crippen molar-refractivity contribution >= 4 is 22.8 Å². The zero-order valence-corrected chi connectivity index (χ0v) is 13.7. The first kappa shape index (κ1) is 15.2. The number of hydrogen-bond donors (Lipinski definition) is 1. The van der Waals surface area contributed by atoms with Crippen LogP contribution in [0.4, 0.5) is 0 Å². The Hall–Kier alpha value is -2.72. The summed E-state index contributed by atoms with van der Waals surface area (Å²) in [5.41, 5.74) is 2.68. The van der Waals surface area contributed by atoms with Gasteiger partial charge in [-0.05, 0) is 24.5 Å². The van der Waals surface area contributed by atoms with Crippen molar-refractivity contribution in [2.24, 2.45) is 0 Å². The van der Waals surface area contributed by atoms with Crippen LogP contribution in [-0.4, -0.2) is 35.4 Å². The van der Waals surface area contributed by atoms with Crippen LogP contribution >= 0.6 is 11.8 Å². The van der Waals surface area contributed by atoms with Gasteiger partial charge in [0.2, 0.25) is 0 Å². The van der Waals surface area contributed by atoms with Crippen LogP contribution in [0, 0.1) is 11.3 Å². The van der Waals surface area contributed by atoms with Gasteiger partial charge in [0.15, 0.2) is 16.7 Å². The molecule has 0 atom stereocenters. The fourth-order valence-electron chi connectivity index (χ4n) is 2.38. The molecule has 3 aromatic rings. The Kier molecular flexibility index (Phi) is 4.08. The molecule has 116 valence electrons. The number of aromatic nitrogens is 3. The summed E-state index contributed by atoms with van der Waals surface area (Å²) < 4.78 is 10.6. The van der Waals surface area contributed by atoms with Crippen molar-refractivity contribution in [3.05, 3.63) is 30.0 Å². The molecule has 0 fully saturated rings. The number of nitriles is 1. The van der Waals surface area contributed by atoms with Gasteiger partial charge < -0.3 is 14.5 Å². The highest BCUT2D eigenvalue weighted by atomic mass is 32.2. The Labute approximate surface area is 137 Å². The minimum absolute atomic E-state index is 0.512. The highest BCUT2D eigenvalue weighted by Crippen LogP contribution is 2.35. The molecule has 6 nitrogen and oxygen atoms in total. The number of thioether (sulfide) groups is 1. The fraction of sp³-hybridized carbons (Fsp3) is 0.188. The topological polar surface area (TPSA) is 83.8 Å². The number of H-pyrrole nitrogens is 1. The molecular weight excluding hydrogens is 312 g/mol. The smallest absolute Gasteiger partial charge is 0.189 e. The summed E-state index contributed by atoms with van der Waals surface area (Å²) in [7, 11) is 3.17. The van der Waals surface area contributed by atoms with Crippen molar-refractivity contribution in [3.63, 3.8) is 0 Å². The van der Waals surface area contributed by atoms with E-state index in [4.69, 9.17) is 9.47 Å². The third-order valence-electron chi connectivity index (χ3n) is 3.47. The van der Waals surface area contributed by atoms with Crippen LogP contribution in [0.1, 0.15) is 5.56 Å². The number of fused-ring (bicyclic) bond motifs is 1. The maximum absolute atomic E-state index is 9.33. The quantitative estimate of drug-likeness (QED) is 0.585. The van der Waals surface area contributed by atoms with E-state index in [0.717, 1.165) is 5.56 Å². The lowest BCUT2D eigenvalue weighted by Gasteiger charge is -2.10. The van der Waals surface area contributed by atoms with E-state index in [1.54, 1.807) is 20.4 Å². The Balaban J connectivity index is 2.30. The van der Waals surface area contributed by atoms with Crippen molar-refractivity contribution < 1.29 is 9.47 Å². The van der Waals surface area contributed by atoms with Crippen LogP contribution < -0.4 is 9.47 Å². The number of aromatic amines is 1. The molecule has 7 heteroatoms. The van der Waals surface area contributed by atoms with Crippen LogP contribution in [0.5, 0.6) is 11.5 Å². The highest BCUT2D eigenvalue weighted by Gasteiger charge is 2.16. The van der Waals surface area contributed by atoms with Crippen LogP contribution in [0.3, 0.4) is 0 Å². The van der Waals surface area contributed by atoms with E-state index in [-0.39, 0.29) is 0 Å². The summed E-state index contributed by atoms with van der Waals surface area (Å²) in [4.78, 5) is 12.0. The molecule has 0 aliphatic rings. The zero-order valence-electron chi connectivity index (χ0n) is 12.9. The number of hydrogen-bond acceptors (Lipinski definition) is 6. The van der Waals surface area contributed by atoms with Gasteiger partial charge in [-0.1, -0.05) is 11.8 Å². The Morgan fingerprint density at radius 3 is 2.61 bits per heavy atom. The monoisotopic (exact) mass is 326 g/mol. The van der Waals surface area contributed by atoms with Gasteiger partial charge in [0, 0.05) is 11.8 Å². The van der Waals surface area contributed by atoms with Crippen LogP contribution in [0.2, 0.25) is 0 Å². The largest absolute Gasteiger partial charge is 0.493 e. The van der Waals surface area contributed by atoms with Gasteiger partial charge in [-0.3, -0.25) is 0 Å². The standard InChI is InChI=1S/C16H14N4O2S/c1-21-11-5-4-9(6-12(11)22-2)14-13-10(7-17)8-18-15(13)20-16(19-14)23-3/h4-6,8H,1-3H3,(H,18,19,20). The Morgan fingerprint density at radius 2 is 1.96 bits per heavy atom. The molecule has 2 aromatic heterocycles. The summed E-state index contributed by atoms with van der Waals surface area (Å²) >= 11 is 1.45. The molecule has 0 aliphatic heterocycles. The average molecular weight is 326 g/mol. The van der Waals surface area contributed by atoms with Crippen LogP contribution in [0.15, 0.2) is 29.6 Å². The van der Waals surface area contributed by atoms with E-state index in [1.165, 1.54) is 11.8 Å². The van der Waals surface area contributed by atoms with E-state index < -0.39 is 0 Å². The first-order chi connectivity index (χ1) is 11.2. The van der Waals surface area contributed by atoms with Crippen molar-refractivity contribution in [2.45, 2.75) is 5.16 Å². The van der Waals surface area contributed by atoms with Crippen LogP contribution in [-0.2, 0) is 0 Å². The van der Waals surface area contributed by atoms with Gasteiger partial charge in [-0.15, -0.1) is 0 Å². The van der Waals surface area contributed by atoms with E-state index >= 15 is 0 Å². The van der Waals surface area contributed by atoms with Gasteiger partial charge in [0.05, 0.1) is 30.9 Å². The van der Waals surface area contributed by atoms with Crippen LogP contribution in [0.25, 0.3) is 22.3 Å². The second-order valence-corrected chi connectivity index (χ2v) is 5.44. The first-order valence-corrected chi connectivity index (χ1v) is 8.00. The third-order valence-corrected chi connectivity index (χ3v) is 4.02. The molecule has 0 aliphatic carbocycles. The van der Waals surface area contributed by atoms with Gasteiger partial charge in [-0.25, -0.2) is 9.97 Å². The average Bonchev–Trinajstić information content (AvgIpc) is 3.03. The molecule has 1 aromatic carbocycles. The molecule has 0 saturated heterocycles. The van der Waals surface area contributed by atoms with E-state index in [0.29, 0.717) is 38.9 Å². The fourth-order valence-corrected chi connectivity index (χ4v) is 2.75. The molecule has 2 heterocycles. The molecule has 3 rings (SSSR count). The van der Waals surface area contributed by atoms with Gasteiger partial charge in [-0.2, -0.15) is 5.26 Å². The summed E-state index contributed by atoms with van der Waals surface area (Å²) in [6.45, 7) is 0. The normalized spacial score (nSPS) is 10.5. The molecule has 0 spiro atoms. The van der Waals surface area contributed by atoms with Gasteiger partial charge in [0.1, 0.15) is 11.7 Å². The van der Waals surface area contributed by atoms with E-state index in [9.17, 15) is 5.26 Å². The third kappa shape index (κ3) is 2.58. The molecule has 0 bridgehead atoms. The second kappa shape index (κ2) is 6.18. The number of nitrogens with one attached hydrogen (secondary N) is 1. The lowest BCUT2D eigenvalue weighted by Crippen LogP contribution is -1.95. The predicted molar refractivity (Wildman–Crippen MR) is 88.9 cm³/mol. The summed E-state index contributed by atoms with van der Waals surface area (Å²) in [5, 5.41) is 10.7. The number of nitrogens with zero attached hydrogens (tertiary/aromatic N) is 3. The number of rotatable bonds is 4. The molecule has 1 N–H and O–H groups in total. The summed E-state index contributed by atoms with van der Waals surface area (Å²) in [6.07, 6.45) is 3.56. The highest BCUT2D eigenvalue weighted by molar-refractivity contribution is 7.98. The maximum Gasteiger partial charge on any atom is 0.189 e. The molecule has 0 unspecified atom stereocenters. The minimum Gasteiger partial charge on any atom is -0.493 e. The minimum atomic E-state index is 0.512. The molecule has 0 saturated carbocycles. The first-order valence-electron chi connectivity index (χ1n) is 6.77. The van der Waals surface area contributed by atoms with E-state index in [2.05, 4.69) is 21.0 Å². The maximum atomic E-state index is 9.33. The predicted octanol–water partition coefficient (Wildman–Crippen LogP) is 3.24. The Morgan fingerprint density at radius 1 is 1.17 bits per heavy atom. The molecule has 0 radical (unpaired) electrons. The number of benzene rings is 1. The SMILES string of the molecule is COc1ccc(-c2nc(SC)nc3[nH]cc(C#N)c23)cc1OC. The van der Waals surface area contributed by atoms with Crippen molar-refractivity contribution in [3.8, 4) is 28.8 Å². The molecular formula is C16H14N4O2S. The lowest BCUT2D eigenvalue weighted by atomic mass is 10.1. The van der Waals surface area contributed by atoms with E-state index in [1.807, 2.05) is 24.5 Å². The van der Waals surface area contributed by atoms with Gasteiger partial charge >= 0.3 is 0 Å². The van der Waals surface area contributed by atoms with Crippen molar-refractivity contribution in [1.29, 1.82) is 5.26 Å². The zero-order chi connectivity index (χ0) is 16.4. The van der Waals surface area contributed by atoms with Crippen molar-refractivity contribution in [1.82, 2.24) is 15.0 Å². The van der Waals surface area contributed by atoms with Crippen molar-refractivity contribution in [2.75, 3.05) is 20.5 Å². The second-order valence-electron chi connectivity index (χ2n) is 4.67.